The van der Waals surface area contributed by atoms with Crippen molar-refractivity contribution in [2.45, 2.75) is 18.3 Å². The second-order valence-electron chi connectivity index (χ2n) is 5.34. The first-order valence-electron chi connectivity index (χ1n) is 7.64. The van der Waals surface area contributed by atoms with Gasteiger partial charge in [0.2, 0.25) is 5.96 Å². The van der Waals surface area contributed by atoms with Crippen molar-refractivity contribution in [1.29, 1.82) is 0 Å². The molecule has 3 atom stereocenters. The maximum atomic E-state index is 11.9. The number of hydrogen-bond donors (Lipinski definition) is 6. The Hall–Kier alpha value is -2.79. The summed E-state index contributed by atoms with van der Waals surface area (Å²) in [5, 5.41) is 43.0. The summed E-state index contributed by atoms with van der Waals surface area (Å²) in [5.74, 6) is 0.292. The van der Waals surface area contributed by atoms with Crippen LogP contribution in [0.25, 0.3) is 6.08 Å². The van der Waals surface area contributed by atoms with Gasteiger partial charge < -0.3 is 25.2 Å². The molecule has 0 bridgehead atoms. The van der Waals surface area contributed by atoms with E-state index in [9.17, 15) is 20.1 Å². The first kappa shape index (κ1) is 19.5. The minimum Gasteiger partial charge on any atom is -0.497 e. The van der Waals surface area contributed by atoms with Gasteiger partial charge in [-0.15, -0.1) is 0 Å². The standard InChI is InChI=1S/C16H20N4O6/c1-26-10-4-2-9(3-5-10)6-11-15(25)19-16(18-11)20-17-7-12(22)14(24)13(23)8-21/h2-7,12-14,21-24H,8H2,1H3,(H2,18,19,20,25)/b11-6+,17-7?. The molecule has 1 amide bonds. The van der Waals surface area contributed by atoms with Crippen LogP contribution < -0.4 is 15.5 Å². The van der Waals surface area contributed by atoms with Gasteiger partial charge in [0.05, 0.1) is 19.9 Å². The highest BCUT2D eigenvalue weighted by atomic mass is 16.5. The molecule has 3 unspecified atom stereocenters. The number of aliphatic hydroxyl groups excluding tert-OH is 4. The highest BCUT2D eigenvalue weighted by molar-refractivity contribution is 6.13. The van der Waals surface area contributed by atoms with E-state index in [0.717, 1.165) is 11.8 Å². The monoisotopic (exact) mass is 364 g/mol. The zero-order valence-corrected chi connectivity index (χ0v) is 13.9. The molecule has 140 valence electrons. The molecule has 0 saturated heterocycles. The zero-order chi connectivity index (χ0) is 19.1. The molecule has 1 aromatic rings. The Balaban J connectivity index is 1.98. The summed E-state index contributed by atoms with van der Waals surface area (Å²) in [7, 11) is 1.56. The molecule has 1 heterocycles. The number of hydrazone groups is 1. The van der Waals surface area contributed by atoms with Gasteiger partial charge in [-0.3, -0.25) is 10.1 Å². The van der Waals surface area contributed by atoms with E-state index in [1.807, 2.05) is 0 Å². The molecule has 0 radical (unpaired) electrons. The topological polar surface area (TPSA) is 156 Å². The Morgan fingerprint density at radius 2 is 2.00 bits per heavy atom. The van der Waals surface area contributed by atoms with E-state index < -0.39 is 30.8 Å². The number of guanidine groups is 1. The summed E-state index contributed by atoms with van der Waals surface area (Å²) in [6.07, 6.45) is -2.14. The first-order chi connectivity index (χ1) is 12.4. The maximum absolute atomic E-state index is 11.9. The third-order valence-corrected chi connectivity index (χ3v) is 3.44. The lowest BCUT2D eigenvalue weighted by atomic mass is 10.1. The van der Waals surface area contributed by atoms with Crippen molar-refractivity contribution in [2.24, 2.45) is 10.1 Å². The lowest BCUT2D eigenvalue weighted by molar-refractivity contribution is -0.115. The third kappa shape index (κ3) is 5.10. The van der Waals surface area contributed by atoms with Gasteiger partial charge in [-0.2, -0.15) is 5.10 Å². The van der Waals surface area contributed by atoms with E-state index in [-0.39, 0.29) is 11.7 Å². The number of carbonyl (C=O) groups excluding carboxylic acids is 1. The molecular formula is C16H20N4O6. The number of rotatable bonds is 7. The van der Waals surface area contributed by atoms with Crippen molar-refractivity contribution in [1.82, 2.24) is 10.7 Å². The fourth-order valence-corrected chi connectivity index (χ4v) is 1.98. The number of aliphatic hydroxyl groups is 4. The van der Waals surface area contributed by atoms with Gasteiger partial charge in [0.15, 0.2) is 0 Å². The second kappa shape index (κ2) is 9.06. The number of aliphatic imine (C=N–C) groups is 1. The van der Waals surface area contributed by atoms with Crippen molar-refractivity contribution in [2.75, 3.05) is 13.7 Å². The normalized spacial score (nSPS) is 19.2. The second-order valence-corrected chi connectivity index (χ2v) is 5.34. The number of hydrogen-bond acceptors (Lipinski definition) is 9. The lowest BCUT2D eigenvalue weighted by Gasteiger charge is -2.17. The van der Waals surface area contributed by atoms with Crippen LogP contribution in [-0.2, 0) is 4.79 Å². The Morgan fingerprint density at radius 3 is 2.62 bits per heavy atom. The Bertz CT molecular complexity index is 716. The smallest absolute Gasteiger partial charge is 0.276 e. The SMILES string of the molecule is COc1ccc(/C=C2/N=C(NN=CC(O)C(O)C(O)CO)NC2=O)cc1. The molecule has 0 fully saturated rings. The van der Waals surface area contributed by atoms with Crippen molar-refractivity contribution in [3.63, 3.8) is 0 Å². The third-order valence-electron chi connectivity index (χ3n) is 3.44. The predicted molar refractivity (Wildman–Crippen MR) is 93.3 cm³/mol. The van der Waals surface area contributed by atoms with Crippen LogP contribution in [0.2, 0.25) is 0 Å². The number of nitrogens with zero attached hydrogens (tertiary/aromatic N) is 2. The highest BCUT2D eigenvalue weighted by Gasteiger charge is 2.23. The maximum Gasteiger partial charge on any atom is 0.276 e. The van der Waals surface area contributed by atoms with Gasteiger partial charge in [0, 0.05) is 0 Å². The molecule has 0 aromatic heterocycles. The molecule has 0 spiro atoms. The van der Waals surface area contributed by atoms with E-state index in [1.54, 1.807) is 37.5 Å². The lowest BCUT2D eigenvalue weighted by Crippen LogP contribution is -2.41. The largest absolute Gasteiger partial charge is 0.497 e. The van der Waals surface area contributed by atoms with Crippen molar-refractivity contribution >= 4 is 24.2 Å². The Morgan fingerprint density at radius 1 is 1.31 bits per heavy atom. The summed E-state index contributed by atoms with van der Waals surface area (Å²) >= 11 is 0. The summed E-state index contributed by atoms with van der Waals surface area (Å²) < 4.78 is 5.06. The summed E-state index contributed by atoms with van der Waals surface area (Å²) in [5.41, 5.74) is 3.31. The summed E-state index contributed by atoms with van der Waals surface area (Å²) in [6.45, 7) is -0.707. The van der Waals surface area contributed by atoms with E-state index in [4.69, 9.17) is 9.84 Å². The van der Waals surface area contributed by atoms with E-state index in [2.05, 4.69) is 20.8 Å². The van der Waals surface area contributed by atoms with Gasteiger partial charge >= 0.3 is 0 Å². The van der Waals surface area contributed by atoms with Gasteiger partial charge in [0.1, 0.15) is 29.8 Å². The molecule has 26 heavy (non-hydrogen) atoms. The van der Waals surface area contributed by atoms with Crippen molar-refractivity contribution in [3.8, 4) is 5.75 Å². The van der Waals surface area contributed by atoms with E-state index in [0.29, 0.717) is 5.75 Å². The van der Waals surface area contributed by atoms with Gasteiger partial charge in [0.25, 0.3) is 5.91 Å². The van der Waals surface area contributed by atoms with Crippen LogP contribution in [-0.4, -0.2) is 70.5 Å². The van der Waals surface area contributed by atoms with Crippen molar-refractivity contribution < 1.29 is 30.0 Å². The van der Waals surface area contributed by atoms with Gasteiger partial charge in [-0.1, -0.05) is 12.1 Å². The van der Waals surface area contributed by atoms with Crippen LogP contribution in [0.4, 0.5) is 0 Å². The van der Waals surface area contributed by atoms with E-state index >= 15 is 0 Å². The quantitative estimate of drug-likeness (QED) is 0.189. The predicted octanol–water partition coefficient (Wildman–Crippen LogP) is -1.83. The Kier molecular flexibility index (Phi) is 6.81. The fourth-order valence-electron chi connectivity index (χ4n) is 1.98. The number of carbonyl (C=O) groups is 1. The molecule has 0 aliphatic carbocycles. The van der Waals surface area contributed by atoms with Crippen molar-refractivity contribution in [3.05, 3.63) is 35.5 Å². The number of methoxy groups -OCH3 is 1. The highest BCUT2D eigenvalue weighted by Crippen LogP contribution is 2.15. The average Bonchev–Trinajstić information content (AvgIpc) is 3.00. The number of amides is 1. The first-order valence-corrected chi connectivity index (χ1v) is 7.64. The Labute approximate surface area is 149 Å². The minimum absolute atomic E-state index is 0.0374. The van der Waals surface area contributed by atoms with Gasteiger partial charge in [-0.25, -0.2) is 10.4 Å². The molecule has 2 rings (SSSR count). The van der Waals surface area contributed by atoms with Crippen LogP contribution >= 0.6 is 0 Å². The summed E-state index contributed by atoms with van der Waals surface area (Å²) in [4.78, 5) is 15.9. The number of nitrogens with one attached hydrogen (secondary N) is 2. The molecule has 10 heteroatoms. The molecule has 1 aliphatic heterocycles. The number of ether oxygens (including phenoxy) is 1. The van der Waals surface area contributed by atoms with Crippen LogP contribution in [0.1, 0.15) is 5.56 Å². The average molecular weight is 364 g/mol. The molecule has 10 nitrogen and oxygen atoms in total. The molecule has 6 N–H and O–H groups in total. The van der Waals surface area contributed by atoms with Crippen LogP contribution in [0.5, 0.6) is 5.75 Å². The molecule has 1 aliphatic rings. The van der Waals surface area contributed by atoms with Crippen LogP contribution in [0, 0.1) is 0 Å². The van der Waals surface area contributed by atoms with Crippen LogP contribution in [0.3, 0.4) is 0 Å². The minimum atomic E-state index is -1.60. The summed E-state index contributed by atoms with van der Waals surface area (Å²) in [6, 6.07) is 7.03. The van der Waals surface area contributed by atoms with E-state index in [1.165, 1.54) is 0 Å². The van der Waals surface area contributed by atoms with Crippen LogP contribution in [0.15, 0.2) is 40.1 Å². The fraction of sp³-hybridized carbons (Fsp3) is 0.312. The van der Waals surface area contributed by atoms with Gasteiger partial charge in [-0.05, 0) is 23.8 Å². The molecule has 1 aromatic carbocycles. The zero-order valence-electron chi connectivity index (χ0n) is 13.9. The molecular weight excluding hydrogens is 344 g/mol. The number of benzene rings is 1. The molecule has 0 saturated carbocycles.